The Morgan fingerprint density at radius 1 is 0.968 bits per heavy atom. The maximum atomic E-state index is 11.2. The van der Waals surface area contributed by atoms with E-state index in [2.05, 4.69) is 24.0 Å². The molecule has 1 aromatic rings. The molecule has 1 heterocycles. The van der Waals surface area contributed by atoms with Crippen molar-refractivity contribution in [2.75, 3.05) is 52.7 Å². The summed E-state index contributed by atoms with van der Waals surface area (Å²) >= 11 is 0. The van der Waals surface area contributed by atoms with Crippen molar-refractivity contribution in [3.8, 4) is 0 Å². The van der Waals surface area contributed by atoms with E-state index >= 15 is 0 Å². The van der Waals surface area contributed by atoms with Crippen LogP contribution in [0.15, 0.2) is 24.3 Å². The van der Waals surface area contributed by atoms with E-state index in [1.54, 1.807) is 0 Å². The van der Waals surface area contributed by atoms with E-state index in [1.807, 2.05) is 12.1 Å². The second-order valence-electron chi connectivity index (χ2n) is 7.76. The van der Waals surface area contributed by atoms with Crippen LogP contribution >= 0.6 is 0 Å². The zero-order valence-corrected chi connectivity index (χ0v) is 19.4. The standard InChI is InChI=1S/C22H37NO7S/c1-2-3-4-7-12-27-13-14-28-15-16-29-19-22(30-31(24,25)26)18-23-11-10-20-8-5-6-9-21(20)17-23/h5-6,8-9,22H,2-4,7,10-19H2,1H3,(H,24,25,26). The minimum absolute atomic E-state index is 0.0508. The van der Waals surface area contributed by atoms with Gasteiger partial charge in [-0.15, -0.1) is 0 Å². The second kappa shape index (κ2) is 14.9. The third-order valence-corrected chi connectivity index (χ3v) is 5.63. The topological polar surface area (TPSA) is 94.5 Å². The van der Waals surface area contributed by atoms with Gasteiger partial charge in [-0.05, 0) is 24.0 Å². The van der Waals surface area contributed by atoms with Crippen molar-refractivity contribution in [2.24, 2.45) is 0 Å². The Morgan fingerprint density at radius 2 is 1.65 bits per heavy atom. The molecule has 1 unspecified atom stereocenters. The molecule has 1 aliphatic heterocycles. The molecule has 1 aliphatic rings. The minimum atomic E-state index is -4.56. The molecule has 1 aromatic carbocycles. The third-order valence-electron chi connectivity index (χ3n) is 5.12. The fraction of sp³-hybridized carbons (Fsp3) is 0.727. The van der Waals surface area contributed by atoms with Crippen molar-refractivity contribution in [1.29, 1.82) is 0 Å². The van der Waals surface area contributed by atoms with E-state index in [4.69, 9.17) is 22.9 Å². The fourth-order valence-electron chi connectivity index (χ4n) is 3.57. The monoisotopic (exact) mass is 459 g/mol. The molecular weight excluding hydrogens is 422 g/mol. The normalized spacial score (nSPS) is 15.7. The number of benzene rings is 1. The summed E-state index contributed by atoms with van der Waals surface area (Å²) in [6, 6.07) is 8.20. The number of nitrogens with zero attached hydrogens (tertiary/aromatic N) is 1. The van der Waals surface area contributed by atoms with Crippen LogP contribution in [0.25, 0.3) is 0 Å². The smallest absolute Gasteiger partial charge is 0.379 e. The predicted octanol–water partition coefficient (Wildman–Crippen LogP) is 2.86. The van der Waals surface area contributed by atoms with Gasteiger partial charge in [-0.1, -0.05) is 50.5 Å². The maximum Gasteiger partial charge on any atom is 0.397 e. The van der Waals surface area contributed by atoms with Crippen LogP contribution in [0, 0.1) is 0 Å². The SMILES string of the molecule is CCCCCCOCCOCCOCC(CN1CCc2ccccc2C1)OS(=O)(=O)O. The first-order chi connectivity index (χ1) is 15.0. The molecule has 0 amide bonds. The number of hydrogen-bond acceptors (Lipinski definition) is 7. The number of ether oxygens (including phenoxy) is 3. The van der Waals surface area contributed by atoms with Gasteiger partial charge in [-0.3, -0.25) is 9.45 Å². The molecule has 0 saturated carbocycles. The molecule has 1 atom stereocenters. The Kier molecular flexibility index (Phi) is 12.6. The van der Waals surface area contributed by atoms with E-state index < -0.39 is 16.5 Å². The Balaban J connectivity index is 1.61. The summed E-state index contributed by atoms with van der Waals surface area (Å²) in [5, 5.41) is 0. The number of unbranched alkanes of at least 4 members (excludes halogenated alkanes) is 3. The van der Waals surface area contributed by atoms with Crippen LogP contribution in [-0.4, -0.2) is 76.7 Å². The fourth-order valence-corrected chi connectivity index (χ4v) is 4.03. The number of fused-ring (bicyclic) bond motifs is 1. The molecule has 31 heavy (non-hydrogen) atoms. The van der Waals surface area contributed by atoms with Gasteiger partial charge in [0.2, 0.25) is 0 Å². The average molecular weight is 460 g/mol. The lowest BCUT2D eigenvalue weighted by Gasteiger charge is -2.31. The molecule has 0 bridgehead atoms. The Morgan fingerprint density at radius 3 is 2.35 bits per heavy atom. The lowest BCUT2D eigenvalue weighted by Crippen LogP contribution is -2.40. The quantitative estimate of drug-likeness (QED) is 0.281. The van der Waals surface area contributed by atoms with Gasteiger partial charge in [0.15, 0.2) is 0 Å². The van der Waals surface area contributed by atoms with Gasteiger partial charge in [-0.25, -0.2) is 4.18 Å². The molecule has 1 N–H and O–H groups in total. The molecule has 8 nitrogen and oxygen atoms in total. The molecule has 0 radical (unpaired) electrons. The van der Waals surface area contributed by atoms with Gasteiger partial charge in [0.1, 0.15) is 6.10 Å². The summed E-state index contributed by atoms with van der Waals surface area (Å²) in [5.41, 5.74) is 2.53. The van der Waals surface area contributed by atoms with Gasteiger partial charge in [0, 0.05) is 26.2 Å². The highest BCUT2D eigenvalue weighted by Gasteiger charge is 2.23. The molecule has 0 spiro atoms. The van der Waals surface area contributed by atoms with Gasteiger partial charge >= 0.3 is 10.4 Å². The largest absolute Gasteiger partial charge is 0.397 e. The Hall–Kier alpha value is -1.07. The molecule has 2 rings (SSSR count). The molecule has 0 saturated heterocycles. The van der Waals surface area contributed by atoms with E-state index in [-0.39, 0.29) is 6.61 Å². The first-order valence-corrected chi connectivity index (χ1v) is 12.5. The molecular formula is C22H37NO7S. The molecule has 0 aliphatic carbocycles. The Labute approximate surface area is 186 Å². The minimum Gasteiger partial charge on any atom is -0.379 e. The molecule has 0 aromatic heterocycles. The molecule has 0 fully saturated rings. The van der Waals surface area contributed by atoms with Gasteiger partial charge in [-0.2, -0.15) is 8.42 Å². The van der Waals surface area contributed by atoms with Crippen LogP contribution in [0.2, 0.25) is 0 Å². The Bertz CT molecular complexity index is 714. The van der Waals surface area contributed by atoms with E-state index in [9.17, 15) is 8.42 Å². The van der Waals surface area contributed by atoms with Crippen molar-refractivity contribution in [1.82, 2.24) is 4.90 Å². The van der Waals surface area contributed by atoms with Crippen LogP contribution < -0.4 is 0 Å². The lowest BCUT2D eigenvalue weighted by atomic mass is 10.00. The van der Waals surface area contributed by atoms with Crippen LogP contribution in [0.1, 0.15) is 43.7 Å². The first-order valence-electron chi connectivity index (χ1n) is 11.2. The van der Waals surface area contributed by atoms with Crippen molar-refractivity contribution in [3.63, 3.8) is 0 Å². The zero-order chi connectivity index (χ0) is 22.4. The summed E-state index contributed by atoms with van der Waals surface area (Å²) in [7, 11) is -4.56. The van der Waals surface area contributed by atoms with E-state index in [0.717, 1.165) is 26.0 Å². The summed E-state index contributed by atoms with van der Waals surface area (Å²) < 4.78 is 52.9. The second-order valence-corrected chi connectivity index (χ2v) is 8.81. The van der Waals surface area contributed by atoms with Crippen molar-refractivity contribution in [2.45, 2.75) is 51.7 Å². The number of hydrogen-bond donors (Lipinski definition) is 1. The van der Waals surface area contributed by atoms with E-state index in [1.165, 1.54) is 30.4 Å². The first kappa shape index (κ1) is 26.2. The van der Waals surface area contributed by atoms with Crippen LogP contribution in [0.3, 0.4) is 0 Å². The lowest BCUT2D eigenvalue weighted by molar-refractivity contribution is -0.0128. The van der Waals surface area contributed by atoms with Gasteiger partial charge < -0.3 is 14.2 Å². The summed E-state index contributed by atoms with van der Waals surface area (Å²) in [6.45, 7) is 6.59. The third kappa shape index (κ3) is 11.9. The summed E-state index contributed by atoms with van der Waals surface area (Å²) in [4.78, 5) is 2.11. The van der Waals surface area contributed by atoms with Crippen LogP contribution in [0.4, 0.5) is 0 Å². The van der Waals surface area contributed by atoms with Gasteiger partial charge in [0.25, 0.3) is 0 Å². The van der Waals surface area contributed by atoms with Crippen LogP contribution in [0.5, 0.6) is 0 Å². The summed E-state index contributed by atoms with van der Waals surface area (Å²) in [5.74, 6) is 0. The zero-order valence-electron chi connectivity index (χ0n) is 18.5. The highest BCUT2D eigenvalue weighted by molar-refractivity contribution is 7.80. The highest BCUT2D eigenvalue weighted by atomic mass is 32.3. The van der Waals surface area contributed by atoms with E-state index in [0.29, 0.717) is 39.5 Å². The van der Waals surface area contributed by atoms with Crippen molar-refractivity contribution >= 4 is 10.4 Å². The predicted molar refractivity (Wildman–Crippen MR) is 118 cm³/mol. The van der Waals surface area contributed by atoms with Gasteiger partial charge in [0.05, 0.1) is 33.0 Å². The maximum absolute atomic E-state index is 11.2. The van der Waals surface area contributed by atoms with Crippen LogP contribution in [-0.2, 0) is 41.8 Å². The van der Waals surface area contributed by atoms with Crippen molar-refractivity contribution < 1.29 is 31.4 Å². The molecule has 9 heteroatoms. The summed E-state index contributed by atoms with van der Waals surface area (Å²) in [6.07, 6.45) is 4.84. The molecule has 178 valence electrons. The average Bonchev–Trinajstić information content (AvgIpc) is 2.73. The van der Waals surface area contributed by atoms with Crippen molar-refractivity contribution in [3.05, 3.63) is 35.4 Å². The number of rotatable bonds is 17. The highest BCUT2D eigenvalue weighted by Crippen LogP contribution is 2.19.